The summed E-state index contributed by atoms with van der Waals surface area (Å²) < 4.78 is 0.431. The van der Waals surface area contributed by atoms with Gasteiger partial charge in [0.25, 0.3) is 0 Å². The van der Waals surface area contributed by atoms with E-state index in [1.165, 1.54) is 12.1 Å². The molecule has 0 bridgehead atoms. The predicted molar refractivity (Wildman–Crippen MR) is 59.6 cm³/mol. The number of hydrogen-bond donors (Lipinski definition) is 2. The topological polar surface area (TPSA) is 113 Å². The Kier molecular flexibility index (Phi) is 3.82. The SMILES string of the molecule is N#CC[C@H](N)c1cc(Br)cc([N+](=O)[O-])c1O. The van der Waals surface area contributed by atoms with Crippen LogP contribution in [0.15, 0.2) is 16.6 Å². The Morgan fingerprint density at radius 2 is 2.31 bits per heavy atom. The summed E-state index contributed by atoms with van der Waals surface area (Å²) in [5.41, 5.74) is 5.37. The van der Waals surface area contributed by atoms with Gasteiger partial charge in [0.2, 0.25) is 0 Å². The van der Waals surface area contributed by atoms with Crippen molar-refractivity contribution in [1.82, 2.24) is 0 Å². The molecule has 0 unspecified atom stereocenters. The van der Waals surface area contributed by atoms with Crippen molar-refractivity contribution >= 4 is 21.6 Å². The molecule has 0 spiro atoms. The van der Waals surface area contributed by atoms with Gasteiger partial charge in [-0.2, -0.15) is 5.26 Å². The Morgan fingerprint density at radius 1 is 1.69 bits per heavy atom. The fourth-order valence-corrected chi connectivity index (χ4v) is 1.70. The highest BCUT2D eigenvalue weighted by molar-refractivity contribution is 9.10. The summed E-state index contributed by atoms with van der Waals surface area (Å²) in [6.45, 7) is 0. The zero-order valence-corrected chi connectivity index (χ0v) is 9.64. The standard InChI is InChI=1S/C9H8BrN3O3/c10-5-3-6(7(12)1-2-11)9(14)8(4-5)13(15)16/h3-4,7,14H,1,12H2/t7-/m0/s1. The molecule has 1 atom stereocenters. The minimum Gasteiger partial charge on any atom is -0.502 e. The van der Waals surface area contributed by atoms with E-state index in [4.69, 9.17) is 11.0 Å². The fourth-order valence-electron chi connectivity index (χ4n) is 1.24. The second kappa shape index (κ2) is 4.92. The molecular formula is C9H8BrN3O3. The zero-order valence-electron chi connectivity index (χ0n) is 8.05. The monoisotopic (exact) mass is 285 g/mol. The van der Waals surface area contributed by atoms with Gasteiger partial charge in [-0.05, 0) is 6.07 Å². The Bertz CT molecular complexity index is 470. The first kappa shape index (κ1) is 12.4. The van der Waals surface area contributed by atoms with E-state index in [1.807, 2.05) is 6.07 Å². The molecule has 0 saturated carbocycles. The Balaban J connectivity index is 3.30. The van der Waals surface area contributed by atoms with Gasteiger partial charge < -0.3 is 10.8 Å². The molecule has 1 aromatic carbocycles. The van der Waals surface area contributed by atoms with E-state index in [0.29, 0.717) is 4.47 Å². The lowest BCUT2D eigenvalue weighted by atomic mass is 10.0. The fraction of sp³-hybridized carbons (Fsp3) is 0.222. The summed E-state index contributed by atoms with van der Waals surface area (Å²) >= 11 is 3.08. The van der Waals surface area contributed by atoms with Gasteiger partial charge >= 0.3 is 5.69 Å². The highest BCUT2D eigenvalue weighted by Crippen LogP contribution is 2.36. The first-order valence-corrected chi connectivity index (χ1v) is 5.06. The summed E-state index contributed by atoms with van der Waals surface area (Å²) in [6.07, 6.45) is -0.0266. The van der Waals surface area contributed by atoms with E-state index in [1.54, 1.807) is 0 Å². The minimum absolute atomic E-state index is 0.0266. The van der Waals surface area contributed by atoms with Crippen molar-refractivity contribution in [3.63, 3.8) is 0 Å². The van der Waals surface area contributed by atoms with Crippen LogP contribution in [0.1, 0.15) is 18.0 Å². The minimum atomic E-state index is -0.749. The molecule has 1 rings (SSSR count). The Hall–Kier alpha value is -1.65. The van der Waals surface area contributed by atoms with Gasteiger partial charge in [0, 0.05) is 22.1 Å². The van der Waals surface area contributed by atoms with Crippen molar-refractivity contribution in [3.8, 4) is 11.8 Å². The second-order valence-electron chi connectivity index (χ2n) is 3.09. The van der Waals surface area contributed by atoms with Gasteiger partial charge in [0.1, 0.15) is 0 Å². The number of phenols is 1. The summed E-state index contributed by atoms with van der Waals surface area (Å²) in [6, 6.07) is 3.73. The molecule has 0 fully saturated rings. The number of halogens is 1. The van der Waals surface area contributed by atoms with Gasteiger partial charge in [0.15, 0.2) is 5.75 Å². The van der Waals surface area contributed by atoms with Gasteiger partial charge in [-0.1, -0.05) is 15.9 Å². The molecule has 3 N–H and O–H groups in total. The number of nitrogens with two attached hydrogens (primary N) is 1. The van der Waals surface area contributed by atoms with Gasteiger partial charge in [-0.25, -0.2) is 0 Å². The number of benzene rings is 1. The van der Waals surface area contributed by atoms with Crippen LogP contribution in [-0.4, -0.2) is 10.0 Å². The molecule has 7 heteroatoms. The van der Waals surface area contributed by atoms with Crippen LogP contribution in [0.4, 0.5) is 5.69 Å². The van der Waals surface area contributed by atoms with Crippen LogP contribution < -0.4 is 5.73 Å². The molecule has 6 nitrogen and oxygen atoms in total. The zero-order chi connectivity index (χ0) is 12.3. The van der Waals surface area contributed by atoms with Crippen LogP contribution in [0.3, 0.4) is 0 Å². The number of nitro benzene ring substituents is 1. The molecule has 16 heavy (non-hydrogen) atoms. The maximum absolute atomic E-state index is 10.6. The van der Waals surface area contributed by atoms with E-state index in [-0.39, 0.29) is 12.0 Å². The summed E-state index contributed by atoms with van der Waals surface area (Å²) in [5, 5.41) is 28.7. The lowest BCUT2D eigenvalue weighted by Crippen LogP contribution is -2.10. The third kappa shape index (κ3) is 2.48. The lowest BCUT2D eigenvalue weighted by molar-refractivity contribution is -0.386. The summed E-state index contributed by atoms with van der Waals surface area (Å²) in [7, 11) is 0. The van der Waals surface area contributed by atoms with E-state index < -0.39 is 22.4 Å². The molecule has 0 aliphatic heterocycles. The predicted octanol–water partition coefficient (Wildman–Crippen LogP) is 1.98. The molecule has 0 saturated heterocycles. The van der Waals surface area contributed by atoms with Gasteiger partial charge in [-0.3, -0.25) is 10.1 Å². The third-order valence-corrected chi connectivity index (χ3v) is 2.45. The van der Waals surface area contributed by atoms with Crippen molar-refractivity contribution in [2.75, 3.05) is 0 Å². The van der Waals surface area contributed by atoms with Crippen LogP contribution >= 0.6 is 15.9 Å². The van der Waals surface area contributed by atoms with Crippen molar-refractivity contribution in [2.45, 2.75) is 12.5 Å². The van der Waals surface area contributed by atoms with E-state index in [9.17, 15) is 15.2 Å². The second-order valence-corrected chi connectivity index (χ2v) is 4.00. The number of nitro groups is 1. The van der Waals surface area contributed by atoms with Crippen LogP contribution in [-0.2, 0) is 0 Å². The molecule has 1 aromatic rings. The van der Waals surface area contributed by atoms with Gasteiger partial charge in [0.05, 0.1) is 17.4 Å². The number of phenolic OH excluding ortho intramolecular Hbond substituents is 1. The summed E-state index contributed by atoms with van der Waals surface area (Å²) in [4.78, 5) is 9.92. The Labute approximate surface area is 99.6 Å². The third-order valence-electron chi connectivity index (χ3n) is 1.99. The largest absolute Gasteiger partial charge is 0.502 e. The number of rotatable bonds is 3. The molecule has 0 radical (unpaired) electrons. The molecule has 0 heterocycles. The molecular weight excluding hydrogens is 278 g/mol. The smallest absolute Gasteiger partial charge is 0.312 e. The molecule has 0 aromatic heterocycles. The van der Waals surface area contributed by atoms with Crippen molar-refractivity contribution < 1.29 is 10.0 Å². The molecule has 0 amide bonds. The number of nitriles is 1. The van der Waals surface area contributed by atoms with Gasteiger partial charge in [-0.15, -0.1) is 0 Å². The maximum atomic E-state index is 10.6. The van der Waals surface area contributed by atoms with Crippen LogP contribution in [0, 0.1) is 21.4 Å². The van der Waals surface area contributed by atoms with E-state index in [2.05, 4.69) is 15.9 Å². The molecule has 0 aliphatic carbocycles. The van der Waals surface area contributed by atoms with Crippen molar-refractivity contribution in [2.24, 2.45) is 5.73 Å². The maximum Gasteiger partial charge on any atom is 0.312 e. The highest BCUT2D eigenvalue weighted by Gasteiger charge is 2.21. The quantitative estimate of drug-likeness (QED) is 0.651. The number of aromatic hydroxyl groups is 1. The first-order chi connectivity index (χ1) is 7.47. The van der Waals surface area contributed by atoms with Crippen molar-refractivity contribution in [1.29, 1.82) is 5.26 Å². The lowest BCUT2D eigenvalue weighted by Gasteiger charge is -2.10. The normalized spacial score (nSPS) is 11.8. The Morgan fingerprint density at radius 3 is 2.81 bits per heavy atom. The van der Waals surface area contributed by atoms with Crippen molar-refractivity contribution in [3.05, 3.63) is 32.3 Å². The number of nitrogens with zero attached hydrogens (tertiary/aromatic N) is 2. The molecule has 0 aliphatic rings. The number of hydrogen-bond acceptors (Lipinski definition) is 5. The van der Waals surface area contributed by atoms with Crippen LogP contribution in [0.2, 0.25) is 0 Å². The van der Waals surface area contributed by atoms with Crippen LogP contribution in [0.25, 0.3) is 0 Å². The molecule has 84 valence electrons. The average Bonchev–Trinajstić information content (AvgIpc) is 2.20. The van der Waals surface area contributed by atoms with E-state index >= 15 is 0 Å². The van der Waals surface area contributed by atoms with Crippen LogP contribution in [0.5, 0.6) is 5.75 Å². The first-order valence-electron chi connectivity index (χ1n) is 4.26. The summed E-state index contributed by atoms with van der Waals surface area (Å²) in [5.74, 6) is -0.490. The highest BCUT2D eigenvalue weighted by atomic mass is 79.9. The average molecular weight is 286 g/mol. The van der Waals surface area contributed by atoms with E-state index in [0.717, 1.165) is 0 Å².